The number of carbonyl (C=O) groups is 2. The van der Waals surface area contributed by atoms with E-state index in [0.717, 1.165) is 42.3 Å². The molecule has 2 heterocycles. The van der Waals surface area contributed by atoms with Crippen LogP contribution in [0.2, 0.25) is 0 Å². The molecule has 0 bridgehead atoms. The van der Waals surface area contributed by atoms with E-state index < -0.39 is 0 Å². The second-order valence-corrected chi connectivity index (χ2v) is 8.83. The first-order valence-electron chi connectivity index (χ1n) is 9.18. The molecular weight excluding hydrogens is 380 g/mol. The van der Waals surface area contributed by atoms with E-state index in [1.54, 1.807) is 11.8 Å². The van der Waals surface area contributed by atoms with Crippen molar-refractivity contribution in [2.45, 2.75) is 31.7 Å². The third-order valence-corrected chi connectivity index (χ3v) is 6.82. The number of hydrogen-bond acceptors (Lipinski definition) is 5. The van der Waals surface area contributed by atoms with Gasteiger partial charge in [0.25, 0.3) is 5.91 Å². The Bertz CT molecular complexity index is 830. The molecule has 1 amide bonds. The minimum Gasteiger partial charge on any atom is -0.465 e. The Morgan fingerprint density at radius 1 is 1.26 bits per heavy atom. The number of nitrogens with one attached hydrogen (secondary N) is 2. The quantitative estimate of drug-likeness (QED) is 0.573. The Hall–Kier alpha value is -1.83. The lowest BCUT2D eigenvalue weighted by molar-refractivity contribution is -0.913. The summed E-state index contributed by atoms with van der Waals surface area (Å²) >= 11 is 3.24. The number of ether oxygens (including phenoxy) is 1. The number of methoxy groups -OCH3 is 1. The van der Waals surface area contributed by atoms with E-state index in [0.29, 0.717) is 16.1 Å². The molecule has 0 radical (unpaired) electrons. The molecule has 1 aromatic carbocycles. The van der Waals surface area contributed by atoms with Crippen LogP contribution in [0.1, 0.15) is 45.0 Å². The van der Waals surface area contributed by atoms with Gasteiger partial charge in [-0.2, -0.15) is 0 Å². The fraction of sp³-hybridized carbons (Fsp3) is 0.400. The molecule has 0 saturated heterocycles. The minimum atomic E-state index is -0.377. The van der Waals surface area contributed by atoms with Crippen molar-refractivity contribution in [2.24, 2.45) is 0 Å². The molecule has 1 atom stereocenters. The van der Waals surface area contributed by atoms with Gasteiger partial charge in [0.1, 0.15) is 11.5 Å². The summed E-state index contributed by atoms with van der Waals surface area (Å²) in [7, 11) is 1.38. The van der Waals surface area contributed by atoms with Crippen LogP contribution in [0.15, 0.2) is 29.2 Å². The summed E-state index contributed by atoms with van der Waals surface area (Å²) in [5.74, 6) is 0.412. The smallest absolute Gasteiger partial charge is 0.341 e. The van der Waals surface area contributed by atoms with Crippen LogP contribution in [-0.2, 0) is 17.7 Å². The van der Waals surface area contributed by atoms with Gasteiger partial charge >= 0.3 is 5.97 Å². The highest BCUT2D eigenvalue weighted by Crippen LogP contribution is 2.35. The molecule has 0 aliphatic carbocycles. The summed E-state index contributed by atoms with van der Waals surface area (Å²) in [5, 5.41) is 3.54. The lowest BCUT2D eigenvalue weighted by Crippen LogP contribution is -3.11. The number of carbonyl (C=O) groups excluding carboxylic acids is 2. The highest BCUT2D eigenvalue weighted by molar-refractivity contribution is 7.99. The van der Waals surface area contributed by atoms with Crippen LogP contribution in [0.4, 0.5) is 5.00 Å². The predicted molar refractivity (Wildman–Crippen MR) is 110 cm³/mol. The Morgan fingerprint density at radius 2 is 2.00 bits per heavy atom. The number of hydrogen-bond donors (Lipinski definition) is 2. The molecule has 0 spiro atoms. The number of amides is 1. The number of thiophene rings is 1. The van der Waals surface area contributed by atoms with Gasteiger partial charge in [0.15, 0.2) is 0 Å². The molecule has 7 heteroatoms. The molecule has 1 unspecified atom stereocenters. The fourth-order valence-corrected chi connectivity index (χ4v) is 5.25. The second-order valence-electron chi connectivity index (χ2n) is 6.39. The molecule has 5 nitrogen and oxygen atoms in total. The number of esters is 1. The van der Waals surface area contributed by atoms with E-state index in [4.69, 9.17) is 4.74 Å². The van der Waals surface area contributed by atoms with Crippen molar-refractivity contribution in [3.05, 3.63) is 45.8 Å². The van der Waals surface area contributed by atoms with E-state index in [1.807, 2.05) is 24.3 Å². The number of thioether (sulfide) groups is 1. The molecule has 0 saturated carbocycles. The maximum atomic E-state index is 12.7. The lowest BCUT2D eigenvalue weighted by atomic mass is 10.0. The molecule has 27 heavy (non-hydrogen) atoms. The summed E-state index contributed by atoms with van der Waals surface area (Å²) in [6.07, 6.45) is 0.832. The number of fused-ring (bicyclic) bond motifs is 1. The first-order chi connectivity index (χ1) is 13.1. The van der Waals surface area contributed by atoms with Crippen molar-refractivity contribution >= 4 is 40.0 Å². The number of quaternary nitrogens is 1. The third kappa shape index (κ3) is 4.36. The number of benzene rings is 1. The van der Waals surface area contributed by atoms with Gasteiger partial charge < -0.3 is 15.0 Å². The van der Waals surface area contributed by atoms with Crippen molar-refractivity contribution in [1.29, 1.82) is 0 Å². The van der Waals surface area contributed by atoms with Crippen LogP contribution in [0, 0.1) is 0 Å². The Labute approximate surface area is 168 Å². The van der Waals surface area contributed by atoms with Crippen LogP contribution in [0.3, 0.4) is 0 Å². The van der Waals surface area contributed by atoms with Crippen molar-refractivity contribution < 1.29 is 19.2 Å². The van der Waals surface area contributed by atoms with Gasteiger partial charge in [0.2, 0.25) is 0 Å². The highest BCUT2D eigenvalue weighted by Gasteiger charge is 2.30. The minimum absolute atomic E-state index is 0.202. The van der Waals surface area contributed by atoms with E-state index in [2.05, 4.69) is 19.2 Å². The Morgan fingerprint density at radius 3 is 2.63 bits per heavy atom. The predicted octanol–water partition coefficient (Wildman–Crippen LogP) is 2.86. The maximum absolute atomic E-state index is 12.7. The first kappa shape index (κ1) is 19.9. The van der Waals surface area contributed by atoms with Gasteiger partial charge in [0.05, 0.1) is 30.6 Å². The summed E-state index contributed by atoms with van der Waals surface area (Å²) in [6.45, 7) is 7.19. The molecule has 1 aromatic heterocycles. The van der Waals surface area contributed by atoms with Crippen molar-refractivity contribution in [3.8, 4) is 0 Å². The lowest BCUT2D eigenvalue weighted by Gasteiger charge is -2.22. The number of likely N-dealkylation sites (N-methyl/N-ethyl adjacent to an activating group) is 1. The SMILES string of the molecule is CCSc1ccc(C(=O)Nc2sc3c(c2C(=O)OC)CC[NH+](CC)C3)cc1. The molecule has 2 N–H and O–H groups in total. The Kier molecular flexibility index (Phi) is 6.57. The van der Waals surface area contributed by atoms with Crippen LogP contribution in [0.5, 0.6) is 0 Å². The second kappa shape index (κ2) is 8.91. The average Bonchev–Trinajstić information content (AvgIpc) is 3.04. The average molecular weight is 406 g/mol. The number of rotatable bonds is 6. The summed E-state index contributed by atoms with van der Waals surface area (Å²) in [5.41, 5.74) is 2.15. The molecular formula is C20H25N2O3S2+. The maximum Gasteiger partial charge on any atom is 0.341 e. The monoisotopic (exact) mass is 405 g/mol. The van der Waals surface area contributed by atoms with E-state index >= 15 is 0 Å². The third-order valence-electron chi connectivity index (χ3n) is 4.77. The van der Waals surface area contributed by atoms with Gasteiger partial charge in [-0.15, -0.1) is 23.1 Å². The van der Waals surface area contributed by atoms with Gasteiger partial charge in [-0.1, -0.05) is 6.92 Å². The van der Waals surface area contributed by atoms with Crippen LogP contribution in [-0.4, -0.2) is 37.8 Å². The molecule has 2 aromatic rings. The van der Waals surface area contributed by atoms with E-state index in [9.17, 15) is 9.59 Å². The van der Waals surface area contributed by atoms with Crippen LogP contribution < -0.4 is 10.2 Å². The zero-order valence-electron chi connectivity index (χ0n) is 15.9. The summed E-state index contributed by atoms with van der Waals surface area (Å²) in [4.78, 5) is 28.9. The number of anilines is 1. The van der Waals surface area contributed by atoms with Gasteiger partial charge in [-0.25, -0.2) is 4.79 Å². The zero-order chi connectivity index (χ0) is 19.4. The van der Waals surface area contributed by atoms with Gasteiger partial charge in [-0.05, 0) is 42.5 Å². The fourth-order valence-electron chi connectivity index (χ4n) is 3.29. The van der Waals surface area contributed by atoms with Gasteiger partial charge in [-0.3, -0.25) is 4.79 Å². The van der Waals surface area contributed by atoms with Crippen molar-refractivity contribution in [3.63, 3.8) is 0 Å². The molecule has 3 rings (SSSR count). The van der Waals surface area contributed by atoms with E-state index in [1.165, 1.54) is 28.2 Å². The zero-order valence-corrected chi connectivity index (χ0v) is 17.5. The van der Waals surface area contributed by atoms with Crippen LogP contribution in [0.25, 0.3) is 0 Å². The first-order valence-corrected chi connectivity index (χ1v) is 11.0. The molecule has 1 aliphatic rings. The molecule has 1 aliphatic heterocycles. The highest BCUT2D eigenvalue weighted by atomic mass is 32.2. The molecule has 0 fully saturated rings. The van der Waals surface area contributed by atoms with Crippen molar-refractivity contribution in [1.82, 2.24) is 0 Å². The van der Waals surface area contributed by atoms with Gasteiger partial charge in [0, 0.05) is 16.9 Å². The normalized spacial score (nSPS) is 15.9. The summed E-state index contributed by atoms with van der Waals surface area (Å²) in [6, 6.07) is 7.54. The Balaban J connectivity index is 1.86. The largest absolute Gasteiger partial charge is 0.465 e. The summed E-state index contributed by atoms with van der Waals surface area (Å²) < 4.78 is 4.99. The standard InChI is InChI=1S/C20H24N2O3S2/c1-4-22-11-10-15-16(12-22)27-19(17(15)20(24)25-3)21-18(23)13-6-8-14(9-7-13)26-5-2/h6-9H,4-5,10-12H2,1-3H3,(H,21,23)/p+1. The topological polar surface area (TPSA) is 59.8 Å². The van der Waals surface area contributed by atoms with Crippen molar-refractivity contribution in [2.75, 3.05) is 31.3 Å². The molecule has 144 valence electrons. The van der Waals surface area contributed by atoms with E-state index in [-0.39, 0.29) is 11.9 Å². The van der Waals surface area contributed by atoms with Crippen LogP contribution >= 0.6 is 23.1 Å².